The van der Waals surface area contributed by atoms with Crippen LogP contribution < -0.4 is 16.3 Å². The topological polar surface area (TPSA) is 122 Å². The molecule has 3 aromatic carbocycles. The van der Waals surface area contributed by atoms with E-state index < -0.39 is 35.3 Å². The van der Waals surface area contributed by atoms with Crippen molar-refractivity contribution in [1.29, 1.82) is 0 Å². The van der Waals surface area contributed by atoms with E-state index in [0.717, 1.165) is 11.1 Å². The van der Waals surface area contributed by atoms with Crippen LogP contribution in [0.5, 0.6) is 0 Å². The zero-order valence-corrected chi connectivity index (χ0v) is 21.4. The molecule has 0 fully saturated rings. The highest BCUT2D eigenvalue weighted by Crippen LogP contribution is 2.30. The first kappa shape index (κ1) is 26.2. The van der Waals surface area contributed by atoms with Crippen LogP contribution in [0.25, 0.3) is 11.1 Å². The van der Waals surface area contributed by atoms with E-state index in [9.17, 15) is 14.4 Å². The van der Waals surface area contributed by atoms with Gasteiger partial charge in [-0.25, -0.2) is 14.2 Å². The van der Waals surface area contributed by atoms with E-state index in [-0.39, 0.29) is 16.9 Å². The lowest BCUT2D eigenvalue weighted by molar-refractivity contribution is -0.118. The van der Waals surface area contributed by atoms with Gasteiger partial charge in [0, 0.05) is 48.4 Å². The van der Waals surface area contributed by atoms with Crippen molar-refractivity contribution in [3.8, 4) is 11.1 Å². The third-order valence-corrected chi connectivity index (χ3v) is 6.49. The van der Waals surface area contributed by atoms with E-state index in [1.54, 1.807) is 19.2 Å². The lowest BCUT2D eigenvalue weighted by atomic mass is 9.84. The van der Waals surface area contributed by atoms with Crippen LogP contribution in [0, 0.1) is 5.82 Å². The van der Waals surface area contributed by atoms with Gasteiger partial charge in [-0.05, 0) is 35.4 Å². The number of nitrogens with one attached hydrogen (secondary N) is 3. The number of hydrogen-bond acceptors (Lipinski definition) is 5. The summed E-state index contributed by atoms with van der Waals surface area (Å²) in [7, 11) is 1.64. The molecule has 5 aromatic rings. The summed E-state index contributed by atoms with van der Waals surface area (Å²) in [6.45, 7) is 0. The zero-order valence-electron chi connectivity index (χ0n) is 21.4. The summed E-state index contributed by atoms with van der Waals surface area (Å²) >= 11 is 0. The lowest BCUT2D eigenvalue weighted by Gasteiger charge is -2.28. The number of carbonyl (C=O) groups is 2. The molecule has 0 aliphatic heterocycles. The Kier molecular flexibility index (Phi) is 7.58. The molecule has 0 aliphatic rings. The number of aromatic amines is 1. The first-order valence-corrected chi connectivity index (χ1v) is 12.4. The average molecular weight is 537 g/mol. The molecule has 1 unspecified atom stereocenters. The van der Waals surface area contributed by atoms with E-state index in [1.807, 2.05) is 60.7 Å². The largest absolute Gasteiger partial charge is 0.344 e. The van der Waals surface area contributed by atoms with E-state index in [1.165, 1.54) is 35.4 Å². The summed E-state index contributed by atoms with van der Waals surface area (Å²) in [5, 5.41) is 9.71. The van der Waals surface area contributed by atoms with Crippen LogP contribution in [0.3, 0.4) is 0 Å². The Morgan fingerprint density at radius 2 is 1.62 bits per heavy atom. The molecule has 5 rings (SSSR count). The lowest BCUT2D eigenvalue weighted by Crippen LogP contribution is -2.48. The number of aromatic nitrogens is 4. The number of rotatable bonds is 8. The highest BCUT2D eigenvalue weighted by atomic mass is 19.1. The Bertz CT molecular complexity index is 1640. The predicted octanol–water partition coefficient (Wildman–Crippen LogP) is 3.88. The highest BCUT2D eigenvalue weighted by Gasteiger charge is 2.33. The Balaban J connectivity index is 1.50. The molecular weight excluding hydrogens is 511 g/mol. The fraction of sp³-hybridized carbons (Fsp3) is 0.100. The SMILES string of the molecule is Cn1nccc1C(=O)NC(C(=O)Nc1ccc(-c2cnc(=O)[nH]c2)c(F)c1)C(c1ccccc1)c1ccccc1. The Morgan fingerprint density at radius 3 is 2.17 bits per heavy atom. The zero-order chi connectivity index (χ0) is 28.1. The normalized spacial score (nSPS) is 11.7. The Morgan fingerprint density at radius 1 is 0.950 bits per heavy atom. The monoisotopic (exact) mass is 536 g/mol. The van der Waals surface area contributed by atoms with Gasteiger partial charge in [-0.3, -0.25) is 14.3 Å². The van der Waals surface area contributed by atoms with E-state index >= 15 is 4.39 Å². The first-order valence-electron chi connectivity index (χ1n) is 12.4. The molecule has 0 aliphatic carbocycles. The molecule has 2 amide bonds. The van der Waals surface area contributed by atoms with Crippen molar-refractivity contribution in [3.05, 3.63) is 137 Å². The van der Waals surface area contributed by atoms with Crippen molar-refractivity contribution in [2.24, 2.45) is 7.05 Å². The van der Waals surface area contributed by atoms with E-state index in [2.05, 4.69) is 25.7 Å². The molecule has 40 heavy (non-hydrogen) atoms. The number of anilines is 1. The number of carbonyl (C=O) groups excluding carboxylic acids is 2. The number of H-pyrrole nitrogens is 1. The summed E-state index contributed by atoms with van der Waals surface area (Å²) in [5.41, 5.74) is 2.14. The molecule has 2 aromatic heterocycles. The molecule has 0 saturated carbocycles. The van der Waals surface area contributed by atoms with Crippen molar-refractivity contribution in [2.45, 2.75) is 12.0 Å². The standard InChI is InChI=1S/C30H25FN6O3/c1-37-25(14-15-34-37)28(38)36-27(26(19-8-4-2-5-9-19)20-10-6-3-7-11-20)29(39)35-22-12-13-23(24(31)16-22)21-17-32-30(40)33-18-21/h2-18,26-27H,1H3,(H,35,39)(H,36,38)(H,32,33,40). The van der Waals surface area contributed by atoms with Crippen LogP contribution >= 0.6 is 0 Å². The number of aryl methyl sites for hydroxylation is 1. The maximum absolute atomic E-state index is 15.1. The number of halogens is 1. The summed E-state index contributed by atoms with van der Waals surface area (Å²) < 4.78 is 16.5. The van der Waals surface area contributed by atoms with Gasteiger partial charge >= 0.3 is 5.69 Å². The molecule has 3 N–H and O–H groups in total. The maximum Gasteiger partial charge on any atom is 0.344 e. The summed E-state index contributed by atoms with van der Waals surface area (Å²) in [4.78, 5) is 44.5. The molecular formula is C30H25FN6O3. The van der Waals surface area contributed by atoms with Crippen LogP contribution in [0.4, 0.5) is 10.1 Å². The number of nitrogens with zero attached hydrogens (tertiary/aromatic N) is 3. The molecule has 10 heteroatoms. The minimum absolute atomic E-state index is 0.197. The molecule has 1 atom stereocenters. The van der Waals surface area contributed by atoms with Gasteiger partial charge in [0.2, 0.25) is 5.91 Å². The molecule has 0 radical (unpaired) electrons. The molecule has 0 bridgehead atoms. The van der Waals surface area contributed by atoms with Crippen LogP contribution in [0.1, 0.15) is 27.5 Å². The maximum atomic E-state index is 15.1. The number of benzene rings is 3. The summed E-state index contributed by atoms with van der Waals surface area (Å²) in [6, 6.07) is 23.5. The van der Waals surface area contributed by atoms with Crippen molar-refractivity contribution in [2.75, 3.05) is 5.32 Å². The number of amides is 2. The van der Waals surface area contributed by atoms with Gasteiger partial charge in [0.15, 0.2) is 0 Å². The van der Waals surface area contributed by atoms with Crippen LogP contribution in [-0.2, 0) is 11.8 Å². The third kappa shape index (κ3) is 5.70. The third-order valence-electron chi connectivity index (χ3n) is 6.49. The predicted molar refractivity (Wildman–Crippen MR) is 148 cm³/mol. The second-order valence-corrected chi connectivity index (χ2v) is 9.08. The summed E-state index contributed by atoms with van der Waals surface area (Å²) in [5.74, 6) is -2.20. The Hall–Kier alpha value is -5.38. The van der Waals surface area contributed by atoms with Gasteiger partial charge in [0.25, 0.3) is 5.91 Å². The van der Waals surface area contributed by atoms with Crippen LogP contribution in [0.2, 0.25) is 0 Å². The van der Waals surface area contributed by atoms with Crippen molar-refractivity contribution < 1.29 is 14.0 Å². The average Bonchev–Trinajstić information content (AvgIpc) is 3.40. The smallest absolute Gasteiger partial charge is 0.338 e. The Labute approximate surface area is 228 Å². The number of hydrogen-bond donors (Lipinski definition) is 3. The molecule has 2 heterocycles. The van der Waals surface area contributed by atoms with Crippen molar-refractivity contribution in [3.63, 3.8) is 0 Å². The van der Waals surface area contributed by atoms with Gasteiger partial charge in [0.1, 0.15) is 17.6 Å². The van der Waals surface area contributed by atoms with Gasteiger partial charge in [0.05, 0.1) is 0 Å². The second kappa shape index (κ2) is 11.6. The van der Waals surface area contributed by atoms with Gasteiger partial charge in [-0.1, -0.05) is 60.7 Å². The summed E-state index contributed by atoms with van der Waals surface area (Å²) in [6.07, 6.45) is 4.13. The second-order valence-electron chi connectivity index (χ2n) is 9.08. The molecule has 9 nitrogen and oxygen atoms in total. The van der Waals surface area contributed by atoms with Gasteiger partial charge in [-0.2, -0.15) is 5.10 Å². The van der Waals surface area contributed by atoms with Gasteiger partial charge < -0.3 is 15.6 Å². The first-order chi connectivity index (χ1) is 19.4. The fourth-order valence-electron chi connectivity index (χ4n) is 4.55. The van der Waals surface area contributed by atoms with Gasteiger partial charge in [-0.15, -0.1) is 0 Å². The minimum Gasteiger partial charge on any atom is -0.338 e. The molecule has 0 spiro atoms. The fourth-order valence-corrected chi connectivity index (χ4v) is 4.55. The van der Waals surface area contributed by atoms with E-state index in [0.29, 0.717) is 5.56 Å². The highest BCUT2D eigenvalue weighted by molar-refractivity contribution is 6.01. The van der Waals surface area contributed by atoms with Crippen molar-refractivity contribution in [1.82, 2.24) is 25.1 Å². The minimum atomic E-state index is -1.07. The van der Waals surface area contributed by atoms with Crippen LogP contribution in [-0.4, -0.2) is 37.6 Å². The molecule has 0 saturated heterocycles. The van der Waals surface area contributed by atoms with Crippen LogP contribution in [0.15, 0.2) is 108 Å². The van der Waals surface area contributed by atoms with E-state index in [4.69, 9.17) is 0 Å². The molecule has 200 valence electrons. The van der Waals surface area contributed by atoms with Crippen molar-refractivity contribution >= 4 is 17.5 Å². The quantitative estimate of drug-likeness (QED) is 0.278.